The van der Waals surface area contributed by atoms with Gasteiger partial charge in [0.25, 0.3) is 0 Å². The molecule has 2 heterocycles. The standard InChI is InChI=1S/C17H22N2O2S/c1-15-17-8-5-9-19(17)11-10-18(15)12-13-22(20,21)14-16-6-3-2-4-7-16/h2-9,15H,10-14H2,1H3/t15-/m1/s1. The molecule has 0 saturated carbocycles. The lowest BCUT2D eigenvalue weighted by Crippen LogP contribution is -2.39. The Hall–Kier alpha value is -1.59. The van der Waals surface area contributed by atoms with Crippen LogP contribution in [0.15, 0.2) is 48.7 Å². The summed E-state index contributed by atoms with van der Waals surface area (Å²) in [6, 6.07) is 13.9. The van der Waals surface area contributed by atoms with Gasteiger partial charge < -0.3 is 4.57 Å². The highest BCUT2D eigenvalue weighted by Gasteiger charge is 2.24. The molecule has 1 aliphatic rings. The molecule has 1 aliphatic heterocycles. The molecule has 22 heavy (non-hydrogen) atoms. The topological polar surface area (TPSA) is 42.3 Å². The van der Waals surface area contributed by atoms with Crippen LogP contribution in [0.2, 0.25) is 0 Å². The lowest BCUT2D eigenvalue weighted by molar-refractivity contribution is 0.179. The number of sulfone groups is 1. The first-order chi connectivity index (χ1) is 10.6. The van der Waals surface area contributed by atoms with E-state index >= 15 is 0 Å². The van der Waals surface area contributed by atoms with Crippen LogP contribution >= 0.6 is 0 Å². The Morgan fingerprint density at radius 2 is 1.86 bits per heavy atom. The van der Waals surface area contributed by atoms with E-state index in [2.05, 4.69) is 34.7 Å². The van der Waals surface area contributed by atoms with Gasteiger partial charge in [0.15, 0.2) is 9.84 Å². The SMILES string of the molecule is C[C@@H]1c2cccn2CCN1CCS(=O)(=O)Cc1ccccc1. The van der Waals surface area contributed by atoms with Crippen molar-refractivity contribution >= 4 is 9.84 Å². The highest BCUT2D eigenvalue weighted by atomic mass is 32.2. The molecule has 0 N–H and O–H groups in total. The van der Waals surface area contributed by atoms with Gasteiger partial charge in [-0.25, -0.2) is 8.42 Å². The lowest BCUT2D eigenvalue weighted by atomic mass is 10.1. The second-order valence-corrected chi connectivity index (χ2v) is 8.10. The van der Waals surface area contributed by atoms with Crippen molar-refractivity contribution in [3.05, 3.63) is 59.9 Å². The fourth-order valence-electron chi connectivity index (χ4n) is 3.09. The molecule has 0 unspecified atom stereocenters. The minimum atomic E-state index is -3.07. The Bertz CT molecular complexity index is 722. The van der Waals surface area contributed by atoms with Gasteiger partial charge in [0.05, 0.1) is 11.5 Å². The minimum absolute atomic E-state index is 0.131. The van der Waals surface area contributed by atoms with Crippen molar-refractivity contribution in [2.75, 3.05) is 18.8 Å². The smallest absolute Gasteiger partial charge is 0.155 e. The van der Waals surface area contributed by atoms with Crippen LogP contribution in [0.1, 0.15) is 24.2 Å². The lowest BCUT2D eigenvalue weighted by Gasteiger charge is -2.34. The van der Waals surface area contributed by atoms with Crippen LogP contribution in [-0.2, 0) is 22.1 Å². The van der Waals surface area contributed by atoms with Crippen LogP contribution in [0.3, 0.4) is 0 Å². The molecular weight excluding hydrogens is 296 g/mol. The summed E-state index contributed by atoms with van der Waals surface area (Å²) >= 11 is 0. The van der Waals surface area contributed by atoms with Crippen LogP contribution in [0.4, 0.5) is 0 Å². The van der Waals surface area contributed by atoms with Gasteiger partial charge in [-0.3, -0.25) is 4.90 Å². The Balaban J connectivity index is 1.61. The van der Waals surface area contributed by atoms with E-state index in [1.165, 1.54) is 5.69 Å². The molecule has 1 aromatic heterocycles. The third-order valence-corrected chi connectivity index (χ3v) is 5.97. The molecule has 1 atom stereocenters. The number of nitrogens with zero attached hydrogens (tertiary/aromatic N) is 2. The van der Waals surface area contributed by atoms with E-state index in [1.54, 1.807) is 0 Å². The van der Waals surface area contributed by atoms with Crippen molar-refractivity contribution in [1.82, 2.24) is 9.47 Å². The molecule has 1 aromatic carbocycles. The summed E-state index contributed by atoms with van der Waals surface area (Å²) in [6.45, 7) is 4.59. The van der Waals surface area contributed by atoms with Crippen molar-refractivity contribution in [1.29, 1.82) is 0 Å². The van der Waals surface area contributed by atoms with Gasteiger partial charge in [0.2, 0.25) is 0 Å². The van der Waals surface area contributed by atoms with Gasteiger partial charge in [0.1, 0.15) is 0 Å². The van der Waals surface area contributed by atoms with E-state index in [9.17, 15) is 8.42 Å². The summed E-state index contributed by atoms with van der Waals surface area (Å²) < 4.78 is 26.9. The van der Waals surface area contributed by atoms with Crippen LogP contribution in [0.25, 0.3) is 0 Å². The fourth-order valence-corrected chi connectivity index (χ4v) is 4.45. The third kappa shape index (κ3) is 3.42. The van der Waals surface area contributed by atoms with E-state index in [0.717, 1.165) is 18.7 Å². The van der Waals surface area contributed by atoms with Gasteiger partial charge in [0, 0.05) is 37.6 Å². The van der Waals surface area contributed by atoms with Crippen LogP contribution in [0, 0.1) is 0 Å². The summed E-state index contributed by atoms with van der Waals surface area (Å²) in [6.07, 6.45) is 2.09. The number of hydrogen-bond donors (Lipinski definition) is 0. The van der Waals surface area contributed by atoms with Gasteiger partial charge in [-0.05, 0) is 24.6 Å². The number of hydrogen-bond acceptors (Lipinski definition) is 3. The molecule has 118 valence electrons. The number of benzene rings is 1. The quantitative estimate of drug-likeness (QED) is 0.850. The molecule has 0 spiro atoms. The largest absolute Gasteiger partial charge is 0.349 e. The van der Waals surface area contributed by atoms with Crippen molar-refractivity contribution in [2.24, 2.45) is 0 Å². The first kappa shape index (κ1) is 15.3. The molecule has 0 radical (unpaired) electrons. The molecular formula is C17H22N2O2S. The second kappa shape index (κ2) is 6.26. The maximum Gasteiger partial charge on any atom is 0.155 e. The van der Waals surface area contributed by atoms with Crippen molar-refractivity contribution in [2.45, 2.75) is 25.3 Å². The van der Waals surface area contributed by atoms with E-state index in [0.29, 0.717) is 6.54 Å². The minimum Gasteiger partial charge on any atom is -0.349 e. The molecule has 5 heteroatoms. The van der Waals surface area contributed by atoms with Crippen molar-refractivity contribution in [3.63, 3.8) is 0 Å². The summed E-state index contributed by atoms with van der Waals surface area (Å²) in [4.78, 5) is 2.26. The first-order valence-corrected chi connectivity index (χ1v) is 9.51. The Kier molecular flexibility index (Phi) is 4.36. The average molecular weight is 318 g/mol. The number of rotatable bonds is 5. The van der Waals surface area contributed by atoms with Crippen LogP contribution < -0.4 is 0 Å². The van der Waals surface area contributed by atoms with Gasteiger partial charge >= 0.3 is 0 Å². The fraction of sp³-hybridized carbons (Fsp3) is 0.412. The Morgan fingerprint density at radius 3 is 2.64 bits per heavy atom. The molecule has 3 rings (SSSR count). The van der Waals surface area contributed by atoms with Crippen molar-refractivity contribution < 1.29 is 8.42 Å². The molecule has 0 amide bonds. The Morgan fingerprint density at radius 1 is 1.09 bits per heavy atom. The number of fused-ring (bicyclic) bond motifs is 1. The first-order valence-electron chi connectivity index (χ1n) is 7.68. The summed E-state index contributed by atoms with van der Waals surface area (Å²) in [7, 11) is -3.07. The maximum absolute atomic E-state index is 12.3. The molecule has 4 nitrogen and oxygen atoms in total. The maximum atomic E-state index is 12.3. The zero-order valence-corrected chi connectivity index (χ0v) is 13.7. The molecule has 0 aliphatic carbocycles. The van der Waals surface area contributed by atoms with Gasteiger partial charge in [-0.1, -0.05) is 30.3 Å². The summed E-state index contributed by atoms with van der Waals surface area (Å²) in [5.41, 5.74) is 2.13. The van der Waals surface area contributed by atoms with E-state index in [-0.39, 0.29) is 17.5 Å². The second-order valence-electron chi connectivity index (χ2n) is 5.92. The zero-order chi connectivity index (χ0) is 15.6. The van der Waals surface area contributed by atoms with E-state index in [1.807, 2.05) is 30.3 Å². The van der Waals surface area contributed by atoms with Gasteiger partial charge in [-0.15, -0.1) is 0 Å². The monoisotopic (exact) mass is 318 g/mol. The predicted octanol–water partition coefficient (Wildman–Crippen LogP) is 2.48. The highest BCUT2D eigenvalue weighted by Crippen LogP contribution is 2.25. The van der Waals surface area contributed by atoms with Crippen LogP contribution in [0.5, 0.6) is 0 Å². The third-order valence-electron chi connectivity index (χ3n) is 4.39. The molecule has 0 saturated heterocycles. The van der Waals surface area contributed by atoms with Gasteiger partial charge in [-0.2, -0.15) is 0 Å². The van der Waals surface area contributed by atoms with E-state index in [4.69, 9.17) is 0 Å². The predicted molar refractivity (Wildman–Crippen MR) is 88.4 cm³/mol. The molecule has 0 fully saturated rings. The highest BCUT2D eigenvalue weighted by molar-refractivity contribution is 7.90. The Labute approximate surface area is 132 Å². The zero-order valence-electron chi connectivity index (χ0n) is 12.9. The average Bonchev–Trinajstić information content (AvgIpc) is 2.96. The molecule has 0 bridgehead atoms. The van der Waals surface area contributed by atoms with Crippen LogP contribution in [-0.4, -0.2) is 36.7 Å². The van der Waals surface area contributed by atoms with E-state index < -0.39 is 9.84 Å². The molecule has 2 aromatic rings. The summed E-state index contributed by atoms with van der Waals surface area (Å²) in [5.74, 6) is 0.347. The summed E-state index contributed by atoms with van der Waals surface area (Å²) in [5, 5.41) is 0. The number of aromatic nitrogens is 1. The van der Waals surface area contributed by atoms with Crippen molar-refractivity contribution in [3.8, 4) is 0 Å². The normalized spacial score (nSPS) is 19.0.